The first kappa shape index (κ1) is 20.0. The highest BCUT2D eigenvalue weighted by molar-refractivity contribution is 7.91. The van der Waals surface area contributed by atoms with Crippen LogP contribution in [0.5, 0.6) is 0 Å². The number of rotatable bonds is 5. The van der Waals surface area contributed by atoms with Crippen LogP contribution in [0.4, 0.5) is 0 Å². The Bertz CT molecular complexity index is 616. The Labute approximate surface area is 157 Å². The van der Waals surface area contributed by atoms with Crippen LogP contribution >= 0.6 is 0 Å². The van der Waals surface area contributed by atoms with Crippen LogP contribution in [0.25, 0.3) is 0 Å². The molecule has 0 radical (unpaired) electrons. The van der Waals surface area contributed by atoms with Crippen LogP contribution < -0.4 is 5.73 Å². The number of sulfone groups is 1. The van der Waals surface area contributed by atoms with Gasteiger partial charge in [-0.1, -0.05) is 13.8 Å². The highest BCUT2D eigenvalue weighted by Gasteiger charge is 2.38. The minimum absolute atomic E-state index is 0.0192. The molecule has 2 N–H and O–H groups in total. The van der Waals surface area contributed by atoms with Crippen molar-refractivity contribution in [3.8, 4) is 0 Å². The second-order valence-corrected chi connectivity index (χ2v) is 11.1. The van der Waals surface area contributed by atoms with Gasteiger partial charge in [0.1, 0.15) is 0 Å². The summed E-state index contributed by atoms with van der Waals surface area (Å²) in [6.07, 6.45) is 3.40. The number of carbonyl (C=O) groups is 1. The van der Waals surface area contributed by atoms with Gasteiger partial charge in [0.25, 0.3) is 0 Å². The van der Waals surface area contributed by atoms with E-state index in [1.165, 1.54) is 0 Å². The van der Waals surface area contributed by atoms with Crippen molar-refractivity contribution in [2.45, 2.75) is 57.7 Å². The molecule has 1 amide bonds. The Morgan fingerprint density at radius 2 is 2.08 bits per heavy atom. The first-order valence-electron chi connectivity index (χ1n) is 9.76. The number of nitrogens with two attached hydrogens (primary N) is 1. The molecule has 0 spiro atoms. The summed E-state index contributed by atoms with van der Waals surface area (Å²) < 4.78 is 29.6. The molecule has 26 heavy (non-hydrogen) atoms. The summed E-state index contributed by atoms with van der Waals surface area (Å²) in [7, 11) is -3.03. The molecule has 0 aromatic rings. The summed E-state index contributed by atoms with van der Waals surface area (Å²) in [5, 5.41) is 0. The SMILES string of the molecule is CC1(C)CN(CC(=O)N(CC2CCCO2)C2CCS(=O)(=O)C2)CCC1N. The molecule has 0 aliphatic carbocycles. The van der Waals surface area contributed by atoms with Gasteiger partial charge in [0.05, 0.1) is 24.2 Å². The minimum Gasteiger partial charge on any atom is -0.376 e. The average Bonchev–Trinajstić information content (AvgIpc) is 3.17. The van der Waals surface area contributed by atoms with E-state index in [4.69, 9.17) is 10.5 Å². The van der Waals surface area contributed by atoms with Crippen LogP contribution in [-0.2, 0) is 19.4 Å². The molecule has 0 aromatic carbocycles. The number of piperidine rings is 1. The Morgan fingerprint density at radius 1 is 1.31 bits per heavy atom. The standard InChI is InChI=1S/C18H33N3O4S/c1-18(2)13-20(7-5-16(18)19)11-17(22)21(10-15-4-3-8-25-15)14-6-9-26(23,24)12-14/h14-16H,3-13,19H2,1-2H3. The zero-order valence-electron chi connectivity index (χ0n) is 16.0. The van der Waals surface area contributed by atoms with Crippen LogP contribution in [0, 0.1) is 5.41 Å². The molecule has 3 heterocycles. The molecule has 0 aromatic heterocycles. The number of hydrogen-bond donors (Lipinski definition) is 1. The maximum atomic E-state index is 13.1. The first-order valence-corrected chi connectivity index (χ1v) is 11.6. The first-order chi connectivity index (χ1) is 12.2. The van der Waals surface area contributed by atoms with Crippen LogP contribution in [0.3, 0.4) is 0 Å². The van der Waals surface area contributed by atoms with Gasteiger partial charge in [-0.2, -0.15) is 0 Å². The topological polar surface area (TPSA) is 92.9 Å². The number of hydrogen-bond acceptors (Lipinski definition) is 6. The van der Waals surface area contributed by atoms with E-state index in [0.29, 0.717) is 19.5 Å². The predicted molar refractivity (Wildman–Crippen MR) is 101 cm³/mol. The van der Waals surface area contributed by atoms with Gasteiger partial charge in [-0.05, 0) is 31.1 Å². The molecular formula is C18H33N3O4S. The Hall–Kier alpha value is -0.700. The molecule has 150 valence electrons. The summed E-state index contributed by atoms with van der Waals surface area (Å²) in [4.78, 5) is 17.1. The fraction of sp³-hybridized carbons (Fsp3) is 0.944. The monoisotopic (exact) mass is 387 g/mol. The van der Waals surface area contributed by atoms with Crippen molar-refractivity contribution < 1.29 is 17.9 Å². The van der Waals surface area contributed by atoms with E-state index in [1.54, 1.807) is 4.90 Å². The van der Waals surface area contributed by atoms with Crippen LogP contribution in [0.2, 0.25) is 0 Å². The van der Waals surface area contributed by atoms with E-state index in [9.17, 15) is 13.2 Å². The van der Waals surface area contributed by atoms with Crippen molar-refractivity contribution in [3.05, 3.63) is 0 Å². The average molecular weight is 388 g/mol. The smallest absolute Gasteiger partial charge is 0.237 e. The molecule has 3 fully saturated rings. The van der Waals surface area contributed by atoms with Gasteiger partial charge < -0.3 is 15.4 Å². The maximum absolute atomic E-state index is 13.1. The number of amides is 1. The lowest BCUT2D eigenvalue weighted by atomic mass is 9.80. The Kier molecular flexibility index (Phi) is 5.96. The van der Waals surface area contributed by atoms with Gasteiger partial charge in [-0.15, -0.1) is 0 Å². The molecule has 3 aliphatic heterocycles. The zero-order valence-corrected chi connectivity index (χ0v) is 16.8. The fourth-order valence-corrected chi connectivity index (χ4v) is 6.12. The summed E-state index contributed by atoms with van der Waals surface area (Å²) >= 11 is 0. The van der Waals surface area contributed by atoms with Crippen molar-refractivity contribution in [2.24, 2.45) is 11.1 Å². The highest BCUT2D eigenvalue weighted by Crippen LogP contribution is 2.28. The molecule has 3 aliphatic rings. The van der Waals surface area contributed by atoms with Crippen LogP contribution in [0.15, 0.2) is 0 Å². The highest BCUT2D eigenvalue weighted by atomic mass is 32.2. The van der Waals surface area contributed by atoms with Gasteiger partial charge in [0, 0.05) is 38.3 Å². The quantitative estimate of drug-likeness (QED) is 0.726. The van der Waals surface area contributed by atoms with Crippen LogP contribution in [-0.4, -0.2) is 86.6 Å². The van der Waals surface area contributed by atoms with E-state index in [1.807, 2.05) is 0 Å². The molecule has 7 nitrogen and oxygen atoms in total. The third kappa shape index (κ3) is 4.77. The Morgan fingerprint density at radius 3 is 2.65 bits per heavy atom. The number of likely N-dealkylation sites (tertiary alicyclic amines) is 1. The number of ether oxygens (including phenoxy) is 1. The predicted octanol–water partition coefficient (Wildman–Crippen LogP) is 0.240. The summed E-state index contributed by atoms with van der Waals surface area (Å²) in [6, 6.07) is -0.0615. The van der Waals surface area contributed by atoms with Crippen molar-refractivity contribution in [1.82, 2.24) is 9.80 Å². The summed E-state index contributed by atoms with van der Waals surface area (Å²) in [5.41, 5.74) is 6.18. The minimum atomic E-state index is -3.03. The maximum Gasteiger partial charge on any atom is 0.237 e. The second kappa shape index (κ2) is 7.73. The Balaban J connectivity index is 1.66. The molecule has 3 saturated heterocycles. The summed E-state index contributed by atoms with van der Waals surface area (Å²) in [5.74, 6) is 0.286. The third-order valence-corrected chi connectivity index (χ3v) is 7.89. The molecule has 8 heteroatoms. The van der Waals surface area contributed by atoms with Gasteiger partial charge in [0.15, 0.2) is 9.84 Å². The van der Waals surface area contributed by atoms with E-state index in [-0.39, 0.29) is 41.0 Å². The lowest BCUT2D eigenvalue weighted by Crippen LogP contribution is -2.56. The van der Waals surface area contributed by atoms with Crippen molar-refractivity contribution >= 4 is 15.7 Å². The lowest BCUT2D eigenvalue weighted by molar-refractivity contribution is -0.137. The molecule has 0 bridgehead atoms. The lowest BCUT2D eigenvalue weighted by Gasteiger charge is -2.43. The molecule has 0 saturated carbocycles. The zero-order chi connectivity index (χ0) is 18.9. The largest absolute Gasteiger partial charge is 0.376 e. The number of carbonyl (C=O) groups excluding carboxylic acids is 1. The van der Waals surface area contributed by atoms with Crippen molar-refractivity contribution in [3.63, 3.8) is 0 Å². The van der Waals surface area contributed by atoms with Gasteiger partial charge in [-0.3, -0.25) is 9.69 Å². The third-order valence-electron chi connectivity index (χ3n) is 6.14. The number of nitrogens with zero attached hydrogens (tertiary/aromatic N) is 2. The fourth-order valence-electron chi connectivity index (χ4n) is 4.39. The normalized spacial score (nSPS) is 34.0. The van der Waals surface area contributed by atoms with E-state index in [0.717, 1.165) is 39.0 Å². The van der Waals surface area contributed by atoms with Gasteiger partial charge >= 0.3 is 0 Å². The molecule has 3 unspecified atom stereocenters. The van der Waals surface area contributed by atoms with E-state index in [2.05, 4.69) is 18.7 Å². The van der Waals surface area contributed by atoms with Crippen molar-refractivity contribution in [1.29, 1.82) is 0 Å². The van der Waals surface area contributed by atoms with Gasteiger partial charge in [-0.25, -0.2) is 8.42 Å². The molecule has 3 atom stereocenters. The van der Waals surface area contributed by atoms with Crippen LogP contribution in [0.1, 0.15) is 39.5 Å². The van der Waals surface area contributed by atoms with E-state index < -0.39 is 9.84 Å². The molecule has 3 rings (SSSR count). The van der Waals surface area contributed by atoms with Crippen molar-refractivity contribution in [2.75, 3.05) is 44.3 Å². The second-order valence-electron chi connectivity index (χ2n) is 8.83. The molecular weight excluding hydrogens is 354 g/mol. The van der Waals surface area contributed by atoms with E-state index >= 15 is 0 Å². The summed E-state index contributed by atoms with van der Waals surface area (Å²) in [6.45, 7) is 7.46. The van der Waals surface area contributed by atoms with Gasteiger partial charge in [0.2, 0.25) is 5.91 Å².